The van der Waals surface area contributed by atoms with Crippen molar-refractivity contribution in [3.63, 3.8) is 0 Å². The minimum Gasteiger partial charge on any atom is -0.478 e. The highest BCUT2D eigenvalue weighted by Gasteiger charge is 2.32. The molecule has 0 radical (unpaired) electrons. The number of nitrogens with zero attached hydrogens (tertiary/aromatic N) is 5. The van der Waals surface area contributed by atoms with Crippen LogP contribution in [0.5, 0.6) is 23.0 Å². The lowest BCUT2D eigenvalue weighted by molar-refractivity contribution is 0.117. The molecule has 8 rings (SSSR count). The SMILES string of the molecule is CN1COc2ccc(C(C)(C)c3cc4c(c(CN(C)Cc5cc(C(C)(C)c6ccc7c(c6)CN(C)CO7)cc6c5OCN(C)C6)c3)OCN(C)C4)cc2C1. The summed E-state index contributed by atoms with van der Waals surface area (Å²) in [7, 11) is 10.7. The predicted octanol–water partition coefficient (Wildman–Crippen LogP) is 7.10. The van der Waals surface area contributed by atoms with E-state index < -0.39 is 0 Å². The van der Waals surface area contributed by atoms with Crippen LogP contribution in [0.4, 0.5) is 0 Å². The Kier molecular flexibility index (Phi) is 9.68. The summed E-state index contributed by atoms with van der Waals surface area (Å²) < 4.78 is 24.9. The molecule has 0 amide bonds. The van der Waals surface area contributed by atoms with Gasteiger partial charge in [-0.15, -0.1) is 0 Å². The minimum atomic E-state index is -0.222. The van der Waals surface area contributed by atoms with Crippen LogP contribution in [0.3, 0.4) is 0 Å². The number of rotatable bonds is 8. The van der Waals surface area contributed by atoms with Crippen molar-refractivity contribution in [2.45, 2.75) is 77.8 Å². The summed E-state index contributed by atoms with van der Waals surface area (Å²) in [6, 6.07) is 23.0. The average molecular weight is 732 g/mol. The Bertz CT molecular complexity index is 1920. The Morgan fingerprint density at radius 1 is 0.481 bits per heavy atom. The summed E-state index contributed by atoms with van der Waals surface area (Å²) in [5.74, 6) is 4.03. The summed E-state index contributed by atoms with van der Waals surface area (Å²) >= 11 is 0. The van der Waals surface area contributed by atoms with E-state index in [4.69, 9.17) is 18.9 Å². The van der Waals surface area contributed by atoms with Gasteiger partial charge in [-0.2, -0.15) is 0 Å². The Morgan fingerprint density at radius 2 is 0.833 bits per heavy atom. The molecule has 4 heterocycles. The van der Waals surface area contributed by atoms with Gasteiger partial charge < -0.3 is 18.9 Å². The molecule has 4 aliphatic heterocycles. The summed E-state index contributed by atoms with van der Waals surface area (Å²) in [5, 5.41) is 0. The van der Waals surface area contributed by atoms with Crippen molar-refractivity contribution >= 4 is 0 Å². The molecule has 286 valence electrons. The second-order valence-corrected chi connectivity index (χ2v) is 17.5. The fraction of sp³-hybridized carbons (Fsp3) is 0.467. The smallest absolute Gasteiger partial charge is 0.142 e. The van der Waals surface area contributed by atoms with E-state index in [9.17, 15) is 0 Å². The lowest BCUT2D eigenvalue weighted by Gasteiger charge is -2.35. The maximum Gasteiger partial charge on any atom is 0.142 e. The van der Waals surface area contributed by atoms with Crippen LogP contribution in [-0.4, -0.2) is 86.7 Å². The van der Waals surface area contributed by atoms with Gasteiger partial charge in [-0.25, -0.2) is 0 Å². The van der Waals surface area contributed by atoms with E-state index in [1.165, 1.54) is 55.6 Å². The molecule has 0 unspecified atom stereocenters. The molecular formula is C45H57N5O4. The lowest BCUT2D eigenvalue weighted by atomic mass is 9.76. The van der Waals surface area contributed by atoms with Crippen LogP contribution in [0.25, 0.3) is 0 Å². The van der Waals surface area contributed by atoms with Crippen LogP contribution in [0, 0.1) is 0 Å². The van der Waals surface area contributed by atoms with Crippen molar-refractivity contribution in [2.75, 3.05) is 62.2 Å². The molecule has 0 saturated carbocycles. The zero-order valence-corrected chi connectivity index (χ0v) is 33.7. The quantitative estimate of drug-likeness (QED) is 0.189. The van der Waals surface area contributed by atoms with Crippen molar-refractivity contribution in [3.8, 4) is 23.0 Å². The first-order chi connectivity index (χ1) is 25.7. The van der Waals surface area contributed by atoms with Crippen molar-refractivity contribution < 1.29 is 18.9 Å². The van der Waals surface area contributed by atoms with Crippen LogP contribution in [0.2, 0.25) is 0 Å². The number of hydrogen-bond donors (Lipinski definition) is 0. The molecule has 0 aliphatic carbocycles. The first-order valence-electron chi connectivity index (χ1n) is 19.3. The van der Waals surface area contributed by atoms with Crippen molar-refractivity contribution in [3.05, 3.63) is 116 Å². The average Bonchev–Trinajstić information content (AvgIpc) is 3.13. The molecule has 54 heavy (non-hydrogen) atoms. The molecule has 0 aromatic heterocycles. The van der Waals surface area contributed by atoms with Gasteiger partial charge in [0.15, 0.2) is 0 Å². The number of benzene rings is 4. The third-order valence-corrected chi connectivity index (χ3v) is 11.9. The van der Waals surface area contributed by atoms with E-state index in [0.29, 0.717) is 26.9 Å². The number of ether oxygens (including phenoxy) is 4. The summed E-state index contributed by atoms with van der Waals surface area (Å²) in [4.78, 5) is 11.3. The number of hydrogen-bond acceptors (Lipinski definition) is 9. The number of fused-ring (bicyclic) bond motifs is 4. The molecule has 0 fully saturated rings. The first kappa shape index (κ1) is 36.8. The molecule has 4 aliphatic rings. The molecule has 9 nitrogen and oxygen atoms in total. The predicted molar refractivity (Wildman–Crippen MR) is 213 cm³/mol. The first-order valence-corrected chi connectivity index (χ1v) is 19.3. The van der Waals surface area contributed by atoms with Gasteiger partial charge in [0, 0.05) is 83.5 Å². The van der Waals surface area contributed by atoms with Gasteiger partial charge in [0.05, 0.1) is 0 Å². The second-order valence-electron chi connectivity index (χ2n) is 17.5. The zero-order valence-electron chi connectivity index (χ0n) is 33.7. The van der Waals surface area contributed by atoms with E-state index in [-0.39, 0.29) is 10.8 Å². The normalized spacial score (nSPS) is 18.1. The van der Waals surface area contributed by atoms with E-state index in [2.05, 4.69) is 148 Å². The summed E-state index contributed by atoms with van der Waals surface area (Å²) in [6.07, 6.45) is 0. The summed E-state index contributed by atoms with van der Waals surface area (Å²) in [6.45, 7) is 16.8. The van der Waals surface area contributed by atoms with Crippen molar-refractivity contribution in [2.24, 2.45) is 0 Å². The molecule has 0 saturated heterocycles. The van der Waals surface area contributed by atoms with Crippen LogP contribution < -0.4 is 18.9 Å². The van der Waals surface area contributed by atoms with Gasteiger partial charge in [-0.1, -0.05) is 39.8 Å². The van der Waals surface area contributed by atoms with Gasteiger partial charge in [0.2, 0.25) is 0 Å². The molecule has 0 atom stereocenters. The Hall–Kier alpha value is -4.12. The van der Waals surface area contributed by atoms with Crippen LogP contribution in [0.1, 0.15) is 83.3 Å². The topological polar surface area (TPSA) is 53.1 Å². The van der Waals surface area contributed by atoms with Crippen molar-refractivity contribution in [1.29, 1.82) is 0 Å². The molecule has 0 N–H and O–H groups in total. The van der Waals surface area contributed by atoms with Crippen LogP contribution in [0.15, 0.2) is 60.7 Å². The van der Waals surface area contributed by atoms with Crippen LogP contribution in [-0.2, 0) is 50.1 Å². The molecule has 4 aromatic rings. The van der Waals surface area contributed by atoms with Crippen LogP contribution >= 0.6 is 0 Å². The van der Waals surface area contributed by atoms with Gasteiger partial charge in [-0.3, -0.25) is 24.5 Å². The highest BCUT2D eigenvalue weighted by Crippen LogP contribution is 2.42. The fourth-order valence-electron chi connectivity index (χ4n) is 8.56. The molecule has 9 heteroatoms. The summed E-state index contributed by atoms with van der Waals surface area (Å²) in [5.41, 5.74) is 12.1. The maximum atomic E-state index is 6.47. The van der Waals surface area contributed by atoms with Crippen molar-refractivity contribution in [1.82, 2.24) is 24.5 Å². The monoisotopic (exact) mass is 731 g/mol. The largest absolute Gasteiger partial charge is 0.478 e. The highest BCUT2D eigenvalue weighted by atomic mass is 16.5. The van der Waals surface area contributed by atoms with E-state index in [1.54, 1.807) is 0 Å². The standard InChI is InChI=1S/C45H57N5O4/c1-44(2,36-10-12-40-30(14-36)20-47(6)26-51-40)38-16-32(42-34(18-38)24-49(8)28-53-42)22-46(5)23-33-17-39(19-35-25-50(9)29-54-43(33)35)45(3,4)37-11-13-41-31(15-37)21-48(7)27-52-41/h10-19H,20-29H2,1-9H3. The Balaban J connectivity index is 1.11. The molecular weight excluding hydrogens is 675 g/mol. The maximum absolute atomic E-state index is 6.47. The molecule has 0 spiro atoms. The van der Waals surface area contributed by atoms with Gasteiger partial charge in [-0.05, 0) is 106 Å². The lowest BCUT2D eigenvalue weighted by Crippen LogP contribution is -2.32. The third kappa shape index (κ3) is 7.08. The second kappa shape index (κ2) is 14.2. The van der Waals surface area contributed by atoms with Gasteiger partial charge in [0.1, 0.15) is 49.9 Å². The highest BCUT2D eigenvalue weighted by molar-refractivity contribution is 5.54. The van der Waals surface area contributed by atoms with E-state index >= 15 is 0 Å². The fourth-order valence-corrected chi connectivity index (χ4v) is 8.56. The van der Waals surface area contributed by atoms with E-state index in [1.807, 2.05) is 0 Å². The Labute approximate surface area is 321 Å². The Morgan fingerprint density at radius 3 is 1.24 bits per heavy atom. The molecule has 4 aromatic carbocycles. The van der Waals surface area contributed by atoms with Gasteiger partial charge >= 0.3 is 0 Å². The zero-order chi connectivity index (χ0) is 37.9. The molecule has 0 bridgehead atoms. The van der Waals surface area contributed by atoms with Gasteiger partial charge in [0.25, 0.3) is 0 Å². The third-order valence-electron chi connectivity index (χ3n) is 11.9. The van der Waals surface area contributed by atoms with E-state index in [0.717, 1.165) is 62.3 Å². The minimum absolute atomic E-state index is 0.222.